The zero-order valence-electron chi connectivity index (χ0n) is 15.4. The highest BCUT2D eigenvalue weighted by Gasteiger charge is 2.19. The van der Waals surface area contributed by atoms with Gasteiger partial charge in [-0.1, -0.05) is 44.2 Å². The minimum absolute atomic E-state index is 0.0570. The van der Waals surface area contributed by atoms with Crippen molar-refractivity contribution in [2.24, 2.45) is 11.0 Å². The zero-order chi connectivity index (χ0) is 19.6. The number of para-hydroxylation sites is 2. The average Bonchev–Trinajstić information content (AvgIpc) is 2.67. The molecule has 0 saturated heterocycles. The van der Waals surface area contributed by atoms with Crippen LogP contribution in [0.4, 0.5) is 0 Å². The Morgan fingerprint density at radius 1 is 1.07 bits per heavy atom. The lowest BCUT2D eigenvalue weighted by Crippen LogP contribution is -2.28. The van der Waals surface area contributed by atoms with E-state index in [1.807, 2.05) is 36.4 Å². The van der Waals surface area contributed by atoms with Crippen molar-refractivity contribution in [1.29, 1.82) is 0 Å². The van der Waals surface area contributed by atoms with E-state index in [9.17, 15) is 14.7 Å². The van der Waals surface area contributed by atoms with Crippen molar-refractivity contribution in [1.82, 2.24) is 9.99 Å². The summed E-state index contributed by atoms with van der Waals surface area (Å²) in [5.74, 6) is -0.659. The number of amides is 1. The van der Waals surface area contributed by atoms with E-state index in [4.69, 9.17) is 0 Å². The summed E-state index contributed by atoms with van der Waals surface area (Å²) in [7, 11) is 0. The molecular weight excluding hydrogens is 342 g/mol. The number of pyridine rings is 1. The third-order valence-corrected chi connectivity index (χ3v) is 4.29. The first-order valence-corrected chi connectivity index (χ1v) is 8.68. The summed E-state index contributed by atoms with van der Waals surface area (Å²) >= 11 is 0. The second-order valence-corrected chi connectivity index (χ2v) is 6.54. The number of hydrazone groups is 1. The normalized spacial score (nSPS) is 11.8. The van der Waals surface area contributed by atoms with Crippen LogP contribution in [0.25, 0.3) is 16.6 Å². The fourth-order valence-corrected chi connectivity index (χ4v) is 2.81. The number of fused-ring (bicyclic) bond motifs is 1. The standard InChI is InChI=1S/C21H21N3O3/c1-13(2)20(26)23-22-14(3)18-19(25)16-11-7-8-12-17(16)24(21(18)27)15-9-5-4-6-10-15/h4-13,25H,1-3H3,(H,23,26)/b22-14+. The van der Waals surface area contributed by atoms with Crippen LogP contribution in [0.5, 0.6) is 5.75 Å². The first-order chi connectivity index (χ1) is 12.9. The predicted octanol–water partition coefficient (Wildman–Crippen LogP) is 3.19. The zero-order valence-corrected chi connectivity index (χ0v) is 15.4. The minimum atomic E-state index is -0.405. The SMILES string of the molecule is C/C(=N\NC(=O)C(C)C)c1c(O)c2ccccc2n(-c2ccccc2)c1=O. The summed E-state index contributed by atoms with van der Waals surface area (Å²) in [6, 6.07) is 16.3. The van der Waals surface area contributed by atoms with Crippen molar-refractivity contribution >= 4 is 22.5 Å². The molecule has 27 heavy (non-hydrogen) atoms. The van der Waals surface area contributed by atoms with Gasteiger partial charge in [-0.15, -0.1) is 0 Å². The van der Waals surface area contributed by atoms with Crippen LogP contribution in [0.2, 0.25) is 0 Å². The lowest BCUT2D eigenvalue weighted by atomic mass is 10.1. The maximum Gasteiger partial charge on any atom is 0.268 e. The molecule has 6 heteroatoms. The Bertz CT molecular complexity index is 1080. The smallest absolute Gasteiger partial charge is 0.268 e. The monoisotopic (exact) mass is 363 g/mol. The lowest BCUT2D eigenvalue weighted by molar-refractivity contribution is -0.123. The van der Waals surface area contributed by atoms with E-state index in [0.717, 1.165) is 0 Å². The molecule has 0 aliphatic carbocycles. The van der Waals surface area contributed by atoms with Gasteiger partial charge in [0.25, 0.3) is 5.56 Å². The van der Waals surface area contributed by atoms with Gasteiger partial charge in [-0.3, -0.25) is 14.2 Å². The van der Waals surface area contributed by atoms with Gasteiger partial charge in [0.15, 0.2) is 0 Å². The summed E-state index contributed by atoms with van der Waals surface area (Å²) in [5, 5.41) is 15.3. The Labute approximate surface area is 156 Å². The largest absolute Gasteiger partial charge is 0.506 e. The molecule has 0 aliphatic rings. The Balaban J connectivity index is 2.27. The number of carbonyl (C=O) groups excluding carboxylic acids is 1. The molecular formula is C21H21N3O3. The molecule has 0 atom stereocenters. The summed E-state index contributed by atoms with van der Waals surface area (Å²) in [5.41, 5.74) is 3.59. The number of hydrogen-bond donors (Lipinski definition) is 2. The van der Waals surface area contributed by atoms with Crippen LogP contribution < -0.4 is 11.0 Å². The molecule has 2 aromatic carbocycles. The molecule has 3 aromatic rings. The van der Waals surface area contributed by atoms with Crippen LogP contribution in [0.1, 0.15) is 26.3 Å². The highest BCUT2D eigenvalue weighted by molar-refractivity contribution is 6.05. The fourth-order valence-electron chi connectivity index (χ4n) is 2.81. The number of nitrogens with zero attached hydrogens (tertiary/aromatic N) is 2. The van der Waals surface area contributed by atoms with Crippen LogP contribution >= 0.6 is 0 Å². The van der Waals surface area contributed by atoms with Crippen LogP contribution in [-0.2, 0) is 4.79 Å². The first-order valence-electron chi connectivity index (χ1n) is 8.68. The van der Waals surface area contributed by atoms with Crippen molar-refractivity contribution in [2.45, 2.75) is 20.8 Å². The number of aromatic nitrogens is 1. The van der Waals surface area contributed by atoms with Crippen molar-refractivity contribution in [3.63, 3.8) is 0 Å². The number of aromatic hydroxyl groups is 1. The van der Waals surface area contributed by atoms with Crippen molar-refractivity contribution in [2.75, 3.05) is 0 Å². The van der Waals surface area contributed by atoms with E-state index < -0.39 is 5.56 Å². The van der Waals surface area contributed by atoms with E-state index >= 15 is 0 Å². The molecule has 1 aromatic heterocycles. The lowest BCUT2D eigenvalue weighted by Gasteiger charge is -2.15. The van der Waals surface area contributed by atoms with Crippen LogP contribution in [0.3, 0.4) is 0 Å². The van der Waals surface area contributed by atoms with Crippen molar-refractivity contribution in [3.8, 4) is 11.4 Å². The first kappa shape index (κ1) is 18.4. The molecule has 3 rings (SSSR count). The third-order valence-electron chi connectivity index (χ3n) is 4.29. The van der Waals surface area contributed by atoms with Crippen LogP contribution in [0.15, 0.2) is 64.5 Å². The van der Waals surface area contributed by atoms with Crippen molar-refractivity contribution < 1.29 is 9.90 Å². The van der Waals surface area contributed by atoms with Gasteiger partial charge in [-0.05, 0) is 31.2 Å². The number of nitrogens with one attached hydrogen (secondary N) is 1. The van der Waals surface area contributed by atoms with Crippen molar-refractivity contribution in [3.05, 3.63) is 70.5 Å². The highest BCUT2D eigenvalue weighted by atomic mass is 16.3. The summed E-state index contributed by atoms with van der Waals surface area (Å²) in [6.07, 6.45) is 0. The number of hydrogen-bond acceptors (Lipinski definition) is 4. The summed E-state index contributed by atoms with van der Waals surface area (Å²) < 4.78 is 1.54. The number of carbonyl (C=O) groups is 1. The van der Waals surface area contributed by atoms with E-state index in [2.05, 4.69) is 10.5 Å². The summed E-state index contributed by atoms with van der Waals surface area (Å²) in [4.78, 5) is 25.0. The molecule has 1 amide bonds. The second-order valence-electron chi connectivity index (χ2n) is 6.54. The van der Waals surface area contributed by atoms with E-state index in [1.54, 1.807) is 39.0 Å². The molecule has 2 N–H and O–H groups in total. The summed E-state index contributed by atoms with van der Waals surface area (Å²) in [6.45, 7) is 5.08. The molecule has 0 radical (unpaired) electrons. The van der Waals surface area contributed by atoms with E-state index in [-0.39, 0.29) is 28.8 Å². The van der Waals surface area contributed by atoms with Gasteiger partial charge in [0.1, 0.15) is 11.3 Å². The van der Waals surface area contributed by atoms with Gasteiger partial charge < -0.3 is 5.11 Å². The van der Waals surface area contributed by atoms with Gasteiger partial charge >= 0.3 is 0 Å². The molecule has 0 spiro atoms. The van der Waals surface area contributed by atoms with Gasteiger partial charge in [0.2, 0.25) is 5.91 Å². The Morgan fingerprint density at radius 3 is 2.37 bits per heavy atom. The quantitative estimate of drug-likeness (QED) is 0.551. The third kappa shape index (κ3) is 3.46. The molecule has 0 bridgehead atoms. The molecule has 0 saturated carbocycles. The minimum Gasteiger partial charge on any atom is -0.506 e. The maximum absolute atomic E-state index is 13.2. The van der Waals surface area contributed by atoms with Gasteiger partial charge in [0, 0.05) is 17.0 Å². The fraction of sp³-hybridized carbons (Fsp3) is 0.190. The Morgan fingerprint density at radius 2 is 1.70 bits per heavy atom. The van der Waals surface area contributed by atoms with Crippen LogP contribution in [-0.4, -0.2) is 21.3 Å². The molecule has 0 unspecified atom stereocenters. The Hall–Kier alpha value is -3.41. The van der Waals surface area contributed by atoms with E-state index in [0.29, 0.717) is 16.6 Å². The van der Waals surface area contributed by atoms with E-state index in [1.165, 1.54) is 4.57 Å². The highest BCUT2D eigenvalue weighted by Crippen LogP contribution is 2.28. The van der Waals surface area contributed by atoms with Gasteiger partial charge in [-0.25, -0.2) is 5.43 Å². The number of rotatable bonds is 4. The molecule has 138 valence electrons. The number of benzene rings is 2. The average molecular weight is 363 g/mol. The molecule has 0 aliphatic heterocycles. The molecule has 0 fully saturated rings. The van der Waals surface area contributed by atoms with Gasteiger partial charge in [-0.2, -0.15) is 5.10 Å². The molecule has 6 nitrogen and oxygen atoms in total. The van der Waals surface area contributed by atoms with Crippen LogP contribution in [0, 0.1) is 5.92 Å². The van der Waals surface area contributed by atoms with Gasteiger partial charge in [0.05, 0.1) is 11.2 Å². The topological polar surface area (TPSA) is 83.7 Å². The maximum atomic E-state index is 13.2. The molecule has 1 heterocycles. The second kappa shape index (κ2) is 7.45. The Kier molecular flexibility index (Phi) is 5.07. The predicted molar refractivity (Wildman–Crippen MR) is 106 cm³/mol.